The van der Waals surface area contributed by atoms with Crippen LogP contribution in [0.15, 0.2) is 18.3 Å². The molecule has 2 saturated heterocycles. The maximum Gasteiger partial charge on any atom is 0.322 e. The van der Waals surface area contributed by atoms with Gasteiger partial charge in [-0.3, -0.25) is 0 Å². The Hall–Kier alpha value is -1.82. The highest BCUT2D eigenvalue weighted by atomic mass is 16.5. The first-order valence-electron chi connectivity index (χ1n) is 7.18. The predicted molar refractivity (Wildman–Crippen MR) is 77.1 cm³/mol. The number of hydrogen-bond donors (Lipinski definition) is 1. The Morgan fingerprint density at radius 2 is 1.95 bits per heavy atom. The number of carbonyl (C=O) groups is 1. The highest BCUT2D eigenvalue weighted by Crippen LogP contribution is 2.26. The summed E-state index contributed by atoms with van der Waals surface area (Å²) in [4.78, 5) is 20.7. The zero-order valence-corrected chi connectivity index (χ0v) is 11.5. The number of carbonyl (C=O) groups excluding carboxylic acids is 1. The number of urea groups is 1. The summed E-state index contributed by atoms with van der Waals surface area (Å²) in [5, 5.41) is 2.98. The fourth-order valence-corrected chi connectivity index (χ4v) is 2.64. The second kappa shape index (κ2) is 6.09. The largest absolute Gasteiger partial charge is 0.378 e. The number of hydrogen-bond acceptors (Lipinski definition) is 4. The number of nitrogens with zero attached hydrogens (tertiary/aromatic N) is 3. The van der Waals surface area contributed by atoms with Gasteiger partial charge in [-0.25, -0.2) is 9.78 Å². The van der Waals surface area contributed by atoms with Crippen LogP contribution in [-0.4, -0.2) is 55.3 Å². The molecule has 0 unspecified atom stereocenters. The van der Waals surface area contributed by atoms with Crippen LogP contribution in [0.25, 0.3) is 0 Å². The average Bonchev–Trinajstić information content (AvgIpc) is 3.03. The first-order chi connectivity index (χ1) is 9.84. The summed E-state index contributed by atoms with van der Waals surface area (Å²) in [6, 6.07) is 3.70. The van der Waals surface area contributed by atoms with Crippen molar-refractivity contribution in [3.05, 3.63) is 18.3 Å². The van der Waals surface area contributed by atoms with Gasteiger partial charge in [-0.15, -0.1) is 0 Å². The van der Waals surface area contributed by atoms with Gasteiger partial charge in [0.25, 0.3) is 0 Å². The molecule has 0 bridgehead atoms. The molecule has 1 aromatic rings. The van der Waals surface area contributed by atoms with E-state index in [9.17, 15) is 4.79 Å². The fourth-order valence-electron chi connectivity index (χ4n) is 2.64. The van der Waals surface area contributed by atoms with E-state index in [4.69, 9.17) is 4.74 Å². The molecular formula is C14H20N4O2. The minimum Gasteiger partial charge on any atom is -0.378 e. The van der Waals surface area contributed by atoms with Gasteiger partial charge in [0.2, 0.25) is 0 Å². The molecule has 1 N–H and O–H groups in total. The van der Waals surface area contributed by atoms with E-state index in [0.29, 0.717) is 26.3 Å². The zero-order valence-electron chi connectivity index (χ0n) is 11.5. The number of morpholine rings is 1. The van der Waals surface area contributed by atoms with Crippen molar-refractivity contribution >= 4 is 17.5 Å². The number of amides is 2. The SMILES string of the molecule is O=C(Nc1cccnc1N1CCCC1)N1CCOCC1. The molecule has 20 heavy (non-hydrogen) atoms. The molecular weight excluding hydrogens is 256 g/mol. The van der Waals surface area contributed by atoms with Crippen LogP contribution in [-0.2, 0) is 4.74 Å². The number of ether oxygens (including phenoxy) is 1. The normalized spacial score (nSPS) is 19.2. The lowest BCUT2D eigenvalue weighted by Gasteiger charge is -2.28. The average molecular weight is 276 g/mol. The van der Waals surface area contributed by atoms with Gasteiger partial charge in [0.05, 0.1) is 18.9 Å². The molecule has 2 fully saturated rings. The van der Waals surface area contributed by atoms with Crippen molar-refractivity contribution in [1.29, 1.82) is 0 Å². The molecule has 0 spiro atoms. The molecule has 2 amide bonds. The van der Waals surface area contributed by atoms with E-state index in [1.165, 1.54) is 12.8 Å². The van der Waals surface area contributed by atoms with Crippen molar-refractivity contribution in [2.75, 3.05) is 49.6 Å². The van der Waals surface area contributed by atoms with Gasteiger partial charge in [-0.2, -0.15) is 0 Å². The van der Waals surface area contributed by atoms with Crippen LogP contribution in [0.1, 0.15) is 12.8 Å². The maximum atomic E-state index is 12.2. The Bertz CT molecular complexity index is 468. The molecule has 3 heterocycles. The number of nitrogens with one attached hydrogen (secondary N) is 1. The Morgan fingerprint density at radius 3 is 2.70 bits per heavy atom. The second-order valence-electron chi connectivity index (χ2n) is 5.10. The fraction of sp³-hybridized carbons (Fsp3) is 0.571. The van der Waals surface area contributed by atoms with Gasteiger partial charge in [0, 0.05) is 32.4 Å². The molecule has 108 valence electrons. The third-order valence-corrected chi connectivity index (χ3v) is 3.73. The van der Waals surface area contributed by atoms with Crippen LogP contribution in [0.2, 0.25) is 0 Å². The first-order valence-corrected chi connectivity index (χ1v) is 7.18. The number of rotatable bonds is 2. The van der Waals surface area contributed by atoms with Crippen LogP contribution in [0.3, 0.4) is 0 Å². The molecule has 0 radical (unpaired) electrons. The molecule has 2 aliphatic rings. The summed E-state index contributed by atoms with van der Waals surface area (Å²) in [6.45, 7) is 4.53. The van der Waals surface area contributed by atoms with Crippen molar-refractivity contribution in [2.24, 2.45) is 0 Å². The summed E-state index contributed by atoms with van der Waals surface area (Å²) in [5.74, 6) is 0.881. The van der Waals surface area contributed by atoms with E-state index in [0.717, 1.165) is 24.6 Å². The zero-order chi connectivity index (χ0) is 13.8. The standard InChI is InChI=1S/C14H20N4O2/c19-14(18-8-10-20-11-9-18)16-12-4-3-5-15-13(12)17-6-1-2-7-17/h3-5H,1-2,6-11H2,(H,16,19). The molecule has 0 aliphatic carbocycles. The highest BCUT2D eigenvalue weighted by molar-refractivity contribution is 5.92. The predicted octanol–water partition coefficient (Wildman–Crippen LogP) is 1.55. The molecule has 0 saturated carbocycles. The molecule has 6 heteroatoms. The van der Waals surface area contributed by atoms with E-state index in [1.54, 1.807) is 11.1 Å². The quantitative estimate of drug-likeness (QED) is 0.890. The lowest BCUT2D eigenvalue weighted by Crippen LogP contribution is -2.43. The van der Waals surface area contributed by atoms with Crippen molar-refractivity contribution in [1.82, 2.24) is 9.88 Å². The minimum absolute atomic E-state index is 0.0678. The van der Waals surface area contributed by atoms with Crippen LogP contribution in [0.5, 0.6) is 0 Å². The van der Waals surface area contributed by atoms with E-state index in [2.05, 4.69) is 15.2 Å². The molecule has 3 rings (SSSR count). The summed E-state index contributed by atoms with van der Waals surface area (Å²) in [7, 11) is 0. The van der Waals surface area contributed by atoms with E-state index in [-0.39, 0.29) is 6.03 Å². The van der Waals surface area contributed by atoms with Crippen LogP contribution < -0.4 is 10.2 Å². The maximum absolute atomic E-state index is 12.2. The Labute approximate surface area is 118 Å². The number of pyridine rings is 1. The van der Waals surface area contributed by atoms with Crippen molar-refractivity contribution in [2.45, 2.75) is 12.8 Å². The van der Waals surface area contributed by atoms with Gasteiger partial charge in [0.1, 0.15) is 0 Å². The molecule has 1 aromatic heterocycles. The van der Waals surface area contributed by atoms with Gasteiger partial charge < -0.3 is 19.9 Å². The lowest BCUT2D eigenvalue weighted by atomic mass is 10.3. The smallest absolute Gasteiger partial charge is 0.322 e. The molecule has 0 aromatic carbocycles. The van der Waals surface area contributed by atoms with Gasteiger partial charge >= 0.3 is 6.03 Å². The molecule has 2 aliphatic heterocycles. The summed E-state index contributed by atoms with van der Waals surface area (Å²) >= 11 is 0. The van der Waals surface area contributed by atoms with E-state index < -0.39 is 0 Å². The second-order valence-corrected chi connectivity index (χ2v) is 5.10. The third-order valence-electron chi connectivity index (χ3n) is 3.73. The summed E-state index contributed by atoms with van der Waals surface area (Å²) < 4.78 is 5.26. The van der Waals surface area contributed by atoms with Crippen molar-refractivity contribution in [3.63, 3.8) is 0 Å². The Balaban J connectivity index is 1.71. The van der Waals surface area contributed by atoms with Gasteiger partial charge in [0.15, 0.2) is 5.82 Å². The van der Waals surface area contributed by atoms with Gasteiger partial charge in [-0.05, 0) is 25.0 Å². The lowest BCUT2D eigenvalue weighted by molar-refractivity contribution is 0.0564. The molecule has 6 nitrogen and oxygen atoms in total. The topological polar surface area (TPSA) is 57.7 Å². The van der Waals surface area contributed by atoms with Crippen molar-refractivity contribution < 1.29 is 9.53 Å². The van der Waals surface area contributed by atoms with E-state index in [1.807, 2.05) is 12.1 Å². The third kappa shape index (κ3) is 2.85. The number of aromatic nitrogens is 1. The summed E-state index contributed by atoms with van der Waals surface area (Å²) in [6.07, 6.45) is 4.15. The Morgan fingerprint density at radius 1 is 1.20 bits per heavy atom. The minimum atomic E-state index is -0.0678. The van der Waals surface area contributed by atoms with Crippen LogP contribution in [0.4, 0.5) is 16.3 Å². The first kappa shape index (κ1) is 13.2. The number of anilines is 2. The van der Waals surface area contributed by atoms with E-state index >= 15 is 0 Å². The molecule has 0 atom stereocenters. The Kier molecular flexibility index (Phi) is 4.01. The monoisotopic (exact) mass is 276 g/mol. The van der Waals surface area contributed by atoms with Crippen LogP contribution >= 0.6 is 0 Å². The van der Waals surface area contributed by atoms with Crippen LogP contribution in [0, 0.1) is 0 Å². The summed E-state index contributed by atoms with van der Waals surface area (Å²) in [5.41, 5.74) is 0.797. The van der Waals surface area contributed by atoms with Gasteiger partial charge in [-0.1, -0.05) is 0 Å². The highest BCUT2D eigenvalue weighted by Gasteiger charge is 2.21. The van der Waals surface area contributed by atoms with Crippen molar-refractivity contribution in [3.8, 4) is 0 Å².